The number of aryl methyl sites for hydroxylation is 1. The zero-order chi connectivity index (χ0) is 18.9. The van der Waals surface area contributed by atoms with Gasteiger partial charge in [-0.1, -0.05) is 27.2 Å². The number of sulfonamides is 1. The molecular weight excluding hydrogens is 340 g/mol. The van der Waals surface area contributed by atoms with Crippen LogP contribution >= 0.6 is 0 Å². The van der Waals surface area contributed by atoms with Gasteiger partial charge >= 0.3 is 5.97 Å². The van der Waals surface area contributed by atoms with Crippen molar-refractivity contribution < 1.29 is 17.9 Å². The Kier molecular flexibility index (Phi) is 5.99. The van der Waals surface area contributed by atoms with Crippen molar-refractivity contribution in [1.29, 1.82) is 0 Å². The molecule has 142 valence electrons. The number of carbonyl (C=O) groups is 1. The molecule has 3 atom stereocenters. The molecule has 0 saturated heterocycles. The molecule has 1 heterocycles. The summed E-state index contributed by atoms with van der Waals surface area (Å²) in [4.78, 5) is 12.8. The molecular formula is C18H30N2O4S. The van der Waals surface area contributed by atoms with E-state index in [0.717, 1.165) is 23.6 Å². The van der Waals surface area contributed by atoms with Gasteiger partial charge in [-0.3, -0.25) is 0 Å². The fourth-order valence-electron chi connectivity index (χ4n) is 3.54. The van der Waals surface area contributed by atoms with Gasteiger partial charge in [-0.05, 0) is 36.7 Å². The maximum Gasteiger partial charge on any atom is 0.355 e. The van der Waals surface area contributed by atoms with Crippen LogP contribution in [-0.2, 0) is 21.8 Å². The van der Waals surface area contributed by atoms with E-state index in [1.807, 2.05) is 0 Å². The van der Waals surface area contributed by atoms with Gasteiger partial charge < -0.3 is 9.30 Å². The van der Waals surface area contributed by atoms with E-state index in [1.54, 1.807) is 7.05 Å². The Morgan fingerprint density at radius 3 is 2.52 bits per heavy atom. The van der Waals surface area contributed by atoms with Crippen LogP contribution in [0, 0.1) is 17.8 Å². The molecule has 0 spiro atoms. The molecule has 0 aromatic carbocycles. The van der Waals surface area contributed by atoms with Crippen molar-refractivity contribution in [2.24, 2.45) is 24.8 Å². The molecule has 6 nitrogen and oxygen atoms in total. The largest absolute Gasteiger partial charge is 0.457 e. The minimum absolute atomic E-state index is 0.101. The van der Waals surface area contributed by atoms with Crippen LogP contribution in [-0.4, -0.2) is 43.5 Å². The van der Waals surface area contributed by atoms with Crippen LogP contribution in [0.25, 0.3) is 0 Å². The molecule has 1 aliphatic carbocycles. The van der Waals surface area contributed by atoms with E-state index >= 15 is 0 Å². The number of hydrogen-bond donors (Lipinski definition) is 0. The highest BCUT2D eigenvalue weighted by Crippen LogP contribution is 2.35. The van der Waals surface area contributed by atoms with Crippen LogP contribution in [0.1, 0.15) is 50.5 Å². The lowest BCUT2D eigenvalue weighted by atomic mass is 9.75. The van der Waals surface area contributed by atoms with Crippen molar-refractivity contribution in [1.82, 2.24) is 8.87 Å². The summed E-state index contributed by atoms with van der Waals surface area (Å²) < 4.78 is 33.0. The summed E-state index contributed by atoms with van der Waals surface area (Å²) in [5.74, 6) is 0.882. The molecule has 0 radical (unpaired) electrons. The number of aromatic nitrogens is 1. The molecule has 7 heteroatoms. The van der Waals surface area contributed by atoms with Gasteiger partial charge in [-0.25, -0.2) is 17.5 Å². The molecule has 0 N–H and O–H groups in total. The first-order valence-corrected chi connectivity index (χ1v) is 10.3. The molecule has 1 fully saturated rings. The van der Waals surface area contributed by atoms with Crippen molar-refractivity contribution in [2.75, 3.05) is 14.1 Å². The Morgan fingerprint density at radius 2 is 1.96 bits per heavy atom. The summed E-state index contributed by atoms with van der Waals surface area (Å²) in [6, 6.07) is 1.40. The topological polar surface area (TPSA) is 68.6 Å². The van der Waals surface area contributed by atoms with Crippen LogP contribution < -0.4 is 0 Å². The highest BCUT2D eigenvalue weighted by molar-refractivity contribution is 7.89. The SMILES string of the molecule is CC(C)[C@H]1CC[C@H](C)C[C@@H]1OC(=O)c1cc(S(=O)(=O)N(C)C)cn1C. The second-order valence-electron chi connectivity index (χ2n) is 7.73. The van der Waals surface area contributed by atoms with Crippen molar-refractivity contribution in [3.05, 3.63) is 18.0 Å². The summed E-state index contributed by atoms with van der Waals surface area (Å²) in [5, 5.41) is 0. The Hall–Kier alpha value is -1.34. The molecule has 0 amide bonds. The molecule has 0 unspecified atom stereocenters. The first-order valence-electron chi connectivity index (χ1n) is 8.84. The molecule has 1 aliphatic rings. The monoisotopic (exact) mass is 370 g/mol. The molecule has 2 rings (SSSR count). The average molecular weight is 371 g/mol. The number of nitrogens with zero attached hydrogens (tertiary/aromatic N) is 2. The number of hydrogen-bond acceptors (Lipinski definition) is 4. The summed E-state index contributed by atoms with van der Waals surface area (Å²) in [7, 11) is 1.03. The zero-order valence-corrected chi connectivity index (χ0v) is 16.8. The van der Waals surface area contributed by atoms with Crippen molar-refractivity contribution in [3.8, 4) is 0 Å². The average Bonchev–Trinajstić information content (AvgIpc) is 2.89. The summed E-state index contributed by atoms with van der Waals surface area (Å²) in [6.45, 7) is 6.50. The summed E-state index contributed by atoms with van der Waals surface area (Å²) in [5.41, 5.74) is 0.265. The maximum atomic E-state index is 12.7. The lowest BCUT2D eigenvalue weighted by Gasteiger charge is -2.36. The van der Waals surface area contributed by atoms with Gasteiger partial charge in [0.2, 0.25) is 10.0 Å². The summed E-state index contributed by atoms with van der Waals surface area (Å²) in [6.07, 6.45) is 4.42. The van der Waals surface area contributed by atoms with Crippen LogP contribution in [0.2, 0.25) is 0 Å². The molecule has 1 saturated carbocycles. The minimum atomic E-state index is -3.57. The third kappa shape index (κ3) is 4.26. The van der Waals surface area contributed by atoms with Crippen molar-refractivity contribution in [3.63, 3.8) is 0 Å². The Morgan fingerprint density at radius 1 is 1.32 bits per heavy atom. The van der Waals surface area contributed by atoms with Crippen LogP contribution in [0.5, 0.6) is 0 Å². The van der Waals surface area contributed by atoms with E-state index in [2.05, 4.69) is 20.8 Å². The highest BCUT2D eigenvalue weighted by Gasteiger charge is 2.34. The third-order valence-corrected chi connectivity index (χ3v) is 6.97. The first kappa shape index (κ1) is 20.0. The predicted molar refractivity (Wildman–Crippen MR) is 96.8 cm³/mol. The van der Waals surface area contributed by atoms with E-state index in [-0.39, 0.29) is 16.7 Å². The lowest BCUT2D eigenvalue weighted by molar-refractivity contribution is -0.0181. The Labute approximate surface area is 151 Å². The van der Waals surface area contributed by atoms with Gasteiger partial charge in [0.05, 0.1) is 0 Å². The fourth-order valence-corrected chi connectivity index (χ4v) is 4.51. The number of ether oxygens (including phenoxy) is 1. The summed E-state index contributed by atoms with van der Waals surface area (Å²) >= 11 is 0. The first-order chi connectivity index (χ1) is 11.5. The van der Waals surface area contributed by atoms with E-state index in [4.69, 9.17) is 4.74 Å². The van der Waals surface area contributed by atoms with Crippen molar-refractivity contribution in [2.45, 2.75) is 51.0 Å². The third-order valence-electron chi connectivity index (χ3n) is 5.19. The number of esters is 1. The van der Waals surface area contributed by atoms with Crippen molar-refractivity contribution >= 4 is 16.0 Å². The highest BCUT2D eigenvalue weighted by atomic mass is 32.2. The van der Waals surface area contributed by atoms with E-state index in [1.165, 1.54) is 30.9 Å². The quantitative estimate of drug-likeness (QED) is 0.748. The van der Waals surface area contributed by atoms with Crippen LogP contribution in [0.15, 0.2) is 17.2 Å². The normalized spacial score (nSPS) is 24.7. The van der Waals surface area contributed by atoms with Gasteiger partial charge in [-0.15, -0.1) is 0 Å². The molecule has 1 aromatic heterocycles. The van der Waals surface area contributed by atoms with Gasteiger partial charge in [-0.2, -0.15) is 0 Å². The molecule has 25 heavy (non-hydrogen) atoms. The lowest BCUT2D eigenvalue weighted by Crippen LogP contribution is -2.36. The minimum Gasteiger partial charge on any atom is -0.457 e. The Balaban J connectivity index is 2.22. The van der Waals surface area contributed by atoms with Gasteiger partial charge in [0, 0.05) is 27.3 Å². The van der Waals surface area contributed by atoms with E-state index in [9.17, 15) is 13.2 Å². The van der Waals surface area contributed by atoms with Crippen LogP contribution in [0.3, 0.4) is 0 Å². The van der Waals surface area contributed by atoms with Gasteiger partial charge in [0.1, 0.15) is 16.7 Å². The number of rotatable bonds is 5. The van der Waals surface area contributed by atoms with E-state index < -0.39 is 16.0 Å². The molecule has 0 aliphatic heterocycles. The Bertz CT molecular complexity index is 721. The smallest absolute Gasteiger partial charge is 0.355 e. The number of carbonyl (C=O) groups excluding carboxylic acids is 1. The van der Waals surface area contributed by atoms with Gasteiger partial charge in [0.25, 0.3) is 0 Å². The zero-order valence-electron chi connectivity index (χ0n) is 16.0. The predicted octanol–water partition coefficient (Wildman–Crippen LogP) is 2.89. The fraction of sp³-hybridized carbons (Fsp3) is 0.722. The standard InChI is InChI=1S/C18H30N2O4S/c1-12(2)15-8-7-13(3)9-17(15)24-18(21)16-10-14(11-20(16)6)25(22,23)19(4)5/h10-13,15,17H,7-9H2,1-6H3/t13-,15+,17-/m0/s1. The second-order valence-corrected chi connectivity index (χ2v) is 9.88. The second kappa shape index (κ2) is 7.50. The van der Waals surface area contributed by atoms with E-state index in [0.29, 0.717) is 17.8 Å². The van der Waals surface area contributed by atoms with Gasteiger partial charge in [0.15, 0.2) is 0 Å². The molecule has 0 bridgehead atoms. The van der Waals surface area contributed by atoms with Crippen LogP contribution in [0.4, 0.5) is 0 Å². The molecule has 1 aromatic rings. The maximum absolute atomic E-state index is 12.7.